The van der Waals surface area contributed by atoms with Gasteiger partial charge in [-0.1, -0.05) is 38.3 Å². The number of hydrogen-bond acceptors (Lipinski definition) is 7. The quantitative estimate of drug-likeness (QED) is 0.130. The molecule has 2 aliphatic heterocycles. The summed E-state index contributed by atoms with van der Waals surface area (Å²) in [4.78, 5) is 7.89. The van der Waals surface area contributed by atoms with Crippen molar-refractivity contribution in [1.82, 2.24) is 24.2 Å². The van der Waals surface area contributed by atoms with E-state index in [1.807, 2.05) is 11.6 Å². The van der Waals surface area contributed by atoms with Crippen molar-refractivity contribution in [2.45, 2.75) is 85.4 Å². The maximum absolute atomic E-state index is 6.62. The van der Waals surface area contributed by atoms with Gasteiger partial charge in [0, 0.05) is 31.4 Å². The van der Waals surface area contributed by atoms with E-state index in [4.69, 9.17) is 16.5 Å². The summed E-state index contributed by atoms with van der Waals surface area (Å²) in [6.07, 6.45) is 10.9. The lowest BCUT2D eigenvalue weighted by Gasteiger charge is -2.37. The van der Waals surface area contributed by atoms with Crippen LogP contribution in [0.1, 0.15) is 73.2 Å². The predicted molar refractivity (Wildman–Crippen MR) is 202 cm³/mol. The molecule has 4 aromatic rings. The average molecular weight is 648 g/mol. The van der Waals surface area contributed by atoms with Gasteiger partial charge in [-0.15, -0.1) is 0 Å². The average Bonchev–Trinajstić information content (AvgIpc) is 3.60. The zero-order valence-electron chi connectivity index (χ0n) is 29.3. The SMILES string of the molecule is C=C(N)c1cc2c3c(c1)nc(NC(=C)c1cc(C)nn1CC)n3C/C=C/CNc1c(N)cc(C)cc1CCC(N1CCC(C)CC1)CC2. The van der Waals surface area contributed by atoms with Gasteiger partial charge in [0.15, 0.2) is 0 Å². The third-order valence-electron chi connectivity index (χ3n) is 10.1. The molecule has 1 unspecified atom stereocenters. The summed E-state index contributed by atoms with van der Waals surface area (Å²) in [5.74, 6) is 1.52. The monoisotopic (exact) mass is 647 g/mol. The van der Waals surface area contributed by atoms with Gasteiger partial charge in [0.2, 0.25) is 5.95 Å². The van der Waals surface area contributed by atoms with Crippen molar-refractivity contribution in [3.8, 4) is 0 Å². The zero-order valence-corrected chi connectivity index (χ0v) is 29.3. The first-order chi connectivity index (χ1) is 23.1. The molecular weight excluding hydrogens is 594 g/mol. The lowest BCUT2D eigenvalue weighted by Crippen LogP contribution is -2.41. The van der Waals surface area contributed by atoms with E-state index in [0.717, 1.165) is 102 Å². The molecule has 2 aliphatic rings. The minimum Gasteiger partial charge on any atom is -0.399 e. The molecule has 2 aromatic heterocycles. The van der Waals surface area contributed by atoms with Crippen LogP contribution in [0, 0.1) is 19.8 Å². The van der Waals surface area contributed by atoms with Gasteiger partial charge in [-0.25, -0.2) is 4.98 Å². The summed E-state index contributed by atoms with van der Waals surface area (Å²) in [6.45, 7) is 21.5. The molecule has 0 spiro atoms. The topological polar surface area (TPSA) is 115 Å². The number of nitrogens with one attached hydrogen (secondary N) is 2. The van der Waals surface area contributed by atoms with E-state index < -0.39 is 0 Å². The number of benzene rings is 2. The fourth-order valence-corrected chi connectivity index (χ4v) is 7.51. The van der Waals surface area contributed by atoms with Crippen LogP contribution in [0.3, 0.4) is 0 Å². The summed E-state index contributed by atoms with van der Waals surface area (Å²) in [7, 11) is 0. The molecule has 1 saturated heterocycles. The number of fused-ring (bicyclic) bond motifs is 1. The van der Waals surface area contributed by atoms with Gasteiger partial charge in [-0.05, 0) is 125 Å². The van der Waals surface area contributed by atoms with E-state index in [1.165, 1.54) is 29.5 Å². The Morgan fingerprint density at radius 3 is 2.48 bits per heavy atom. The predicted octanol–water partition coefficient (Wildman–Crippen LogP) is 7.11. The van der Waals surface area contributed by atoms with Crippen LogP contribution in [-0.2, 0) is 25.9 Å². The van der Waals surface area contributed by atoms with Crippen molar-refractivity contribution in [2.75, 3.05) is 36.0 Å². The number of allylic oxidation sites excluding steroid dienone is 1. The number of aromatic nitrogens is 4. The Morgan fingerprint density at radius 2 is 1.75 bits per heavy atom. The van der Waals surface area contributed by atoms with Crippen molar-refractivity contribution in [3.05, 3.63) is 89.3 Å². The van der Waals surface area contributed by atoms with E-state index in [2.05, 4.69) is 102 Å². The first kappa shape index (κ1) is 33.4. The minimum atomic E-state index is 0.446. The van der Waals surface area contributed by atoms with Crippen LogP contribution in [0.5, 0.6) is 0 Å². The highest BCUT2D eigenvalue weighted by atomic mass is 15.3. The van der Waals surface area contributed by atoms with E-state index in [9.17, 15) is 0 Å². The normalized spacial score (nSPS) is 18.8. The first-order valence-electron chi connectivity index (χ1n) is 17.6. The molecule has 1 fully saturated rings. The van der Waals surface area contributed by atoms with Crippen LogP contribution in [-0.4, -0.2) is 49.9 Å². The molecule has 1 atom stereocenters. The summed E-state index contributed by atoms with van der Waals surface area (Å²) < 4.78 is 4.25. The zero-order chi connectivity index (χ0) is 33.9. The fourth-order valence-electron chi connectivity index (χ4n) is 7.51. The van der Waals surface area contributed by atoms with Gasteiger partial charge < -0.3 is 31.6 Å². The molecule has 254 valence electrons. The van der Waals surface area contributed by atoms with Crippen molar-refractivity contribution >= 4 is 39.8 Å². The van der Waals surface area contributed by atoms with Crippen LogP contribution in [0.4, 0.5) is 17.3 Å². The van der Waals surface area contributed by atoms with Crippen LogP contribution in [0.25, 0.3) is 22.4 Å². The Kier molecular flexibility index (Phi) is 9.96. The van der Waals surface area contributed by atoms with Crippen molar-refractivity contribution in [3.63, 3.8) is 0 Å². The number of aryl methyl sites for hydroxylation is 5. The molecule has 48 heavy (non-hydrogen) atoms. The van der Waals surface area contributed by atoms with Gasteiger partial charge in [0.25, 0.3) is 0 Å². The van der Waals surface area contributed by atoms with Crippen LogP contribution in [0.15, 0.2) is 55.6 Å². The van der Waals surface area contributed by atoms with E-state index in [1.54, 1.807) is 0 Å². The molecule has 4 heterocycles. The number of nitrogens with two attached hydrogens (primary N) is 2. The third-order valence-corrected chi connectivity index (χ3v) is 10.1. The molecule has 0 radical (unpaired) electrons. The molecule has 0 bridgehead atoms. The van der Waals surface area contributed by atoms with Gasteiger partial charge in [-0.3, -0.25) is 4.68 Å². The van der Waals surface area contributed by atoms with Crippen molar-refractivity contribution in [2.24, 2.45) is 11.7 Å². The Balaban J connectivity index is 1.43. The molecule has 0 aliphatic carbocycles. The Labute approximate surface area is 285 Å². The van der Waals surface area contributed by atoms with Crippen LogP contribution < -0.4 is 22.1 Å². The highest BCUT2D eigenvalue weighted by Crippen LogP contribution is 2.33. The van der Waals surface area contributed by atoms with E-state index >= 15 is 0 Å². The largest absolute Gasteiger partial charge is 0.399 e. The highest BCUT2D eigenvalue weighted by Gasteiger charge is 2.25. The summed E-state index contributed by atoms with van der Waals surface area (Å²) in [5, 5.41) is 11.9. The molecule has 6 N–H and O–H groups in total. The molecule has 6 rings (SSSR count). The van der Waals surface area contributed by atoms with Crippen molar-refractivity contribution in [1.29, 1.82) is 0 Å². The molecule has 0 saturated carbocycles. The first-order valence-corrected chi connectivity index (χ1v) is 17.6. The van der Waals surface area contributed by atoms with Gasteiger partial charge in [0.05, 0.1) is 39.5 Å². The number of imidazole rings is 1. The van der Waals surface area contributed by atoms with Gasteiger partial charge >= 0.3 is 0 Å². The van der Waals surface area contributed by atoms with E-state index in [-0.39, 0.29) is 0 Å². The molecule has 0 amide bonds. The maximum atomic E-state index is 6.62. The van der Waals surface area contributed by atoms with E-state index in [0.29, 0.717) is 24.8 Å². The lowest BCUT2D eigenvalue weighted by atomic mass is 9.92. The van der Waals surface area contributed by atoms with Crippen molar-refractivity contribution < 1.29 is 0 Å². The number of likely N-dealkylation sites (tertiary alicyclic amines) is 1. The minimum absolute atomic E-state index is 0.446. The van der Waals surface area contributed by atoms with Gasteiger partial charge in [0.1, 0.15) is 0 Å². The third kappa shape index (κ3) is 7.16. The Hall–Kier alpha value is -4.50. The number of hydrogen-bond donors (Lipinski definition) is 4. The summed E-state index contributed by atoms with van der Waals surface area (Å²) >= 11 is 0. The van der Waals surface area contributed by atoms with Crippen LogP contribution in [0.2, 0.25) is 0 Å². The molecular formula is C39H53N9. The van der Waals surface area contributed by atoms with Gasteiger partial charge in [-0.2, -0.15) is 5.10 Å². The molecule has 2 aromatic carbocycles. The Bertz CT molecular complexity index is 1830. The highest BCUT2D eigenvalue weighted by molar-refractivity contribution is 5.87. The standard InChI is InChI=1S/C39H53N9/c1-7-48-36(22-27(4)45-48)29(6)43-39-44-35-24-32(28(5)40)23-31-11-13-33(46-18-14-25(2)15-19-46)12-10-30-20-26(3)21-34(41)37(30)42-16-8-9-17-47(39)38(31)35/h8-9,20-25,33,42H,5-7,10-19,40-41H2,1-4H3,(H,43,44)/b9-8+. The fraction of sp³-hybridized carbons (Fsp3) is 0.436. The van der Waals surface area contributed by atoms with Crippen LogP contribution >= 0.6 is 0 Å². The molecule has 9 nitrogen and oxygen atoms in total. The number of nitrogen functional groups attached to an aromatic ring is 1. The second-order valence-corrected chi connectivity index (χ2v) is 13.9. The second-order valence-electron chi connectivity index (χ2n) is 13.9. The smallest absolute Gasteiger partial charge is 0.208 e. The summed E-state index contributed by atoms with van der Waals surface area (Å²) in [6, 6.07) is 11.2. The number of piperidine rings is 1. The number of rotatable bonds is 6. The Morgan fingerprint density at radius 1 is 1.00 bits per heavy atom. The maximum Gasteiger partial charge on any atom is 0.208 e. The summed E-state index contributed by atoms with van der Waals surface area (Å²) in [5.41, 5.74) is 24.7. The number of anilines is 3. The second kappa shape index (κ2) is 14.3. The molecule has 9 heteroatoms. The lowest BCUT2D eigenvalue weighted by molar-refractivity contribution is 0.125. The number of nitrogens with zero attached hydrogens (tertiary/aromatic N) is 5.